The molecular weight excluding hydrogens is 318 g/mol. The third-order valence-electron chi connectivity index (χ3n) is 3.52. The van der Waals surface area contributed by atoms with Crippen LogP contribution in [0, 0.1) is 4.77 Å². The van der Waals surface area contributed by atoms with Gasteiger partial charge < -0.3 is 20.1 Å². The van der Waals surface area contributed by atoms with Gasteiger partial charge in [-0.05, 0) is 36.8 Å². The first-order valence-corrected chi connectivity index (χ1v) is 7.54. The van der Waals surface area contributed by atoms with Gasteiger partial charge in [0.2, 0.25) is 5.88 Å². The Morgan fingerprint density at radius 3 is 3.00 bits per heavy atom. The molecule has 120 valence electrons. The highest BCUT2D eigenvalue weighted by Gasteiger charge is 2.21. The molecule has 2 aromatic rings. The molecule has 23 heavy (non-hydrogen) atoms. The molecule has 0 bridgehead atoms. The van der Waals surface area contributed by atoms with Crippen molar-refractivity contribution < 1.29 is 14.6 Å². The summed E-state index contributed by atoms with van der Waals surface area (Å²) >= 11 is 4.93. The summed E-state index contributed by atoms with van der Waals surface area (Å²) in [6.07, 6.45) is 0.853. The second-order valence-electron chi connectivity index (χ2n) is 5.15. The number of aromatic nitrogens is 2. The number of amides is 1. The minimum Gasteiger partial charge on any atom is -0.440 e. The Kier molecular flexibility index (Phi) is 4.26. The van der Waals surface area contributed by atoms with Crippen molar-refractivity contribution in [3.8, 4) is 11.6 Å². The van der Waals surface area contributed by atoms with Gasteiger partial charge in [-0.15, -0.1) is 0 Å². The van der Waals surface area contributed by atoms with Crippen LogP contribution >= 0.6 is 12.2 Å². The molecule has 4 N–H and O–H groups in total. The molecule has 1 aromatic carbocycles. The SMILES string of the molecule is O=C(NCCCO)c1ccc2c(c1)Cc1c([nH]c(=S)[nH]c1=O)O2. The van der Waals surface area contributed by atoms with Crippen LogP contribution < -0.4 is 15.6 Å². The quantitative estimate of drug-likeness (QED) is 0.424. The van der Waals surface area contributed by atoms with Gasteiger partial charge in [-0.2, -0.15) is 0 Å². The predicted molar refractivity (Wildman–Crippen MR) is 85.6 cm³/mol. The van der Waals surface area contributed by atoms with Crippen molar-refractivity contribution in [3.63, 3.8) is 0 Å². The summed E-state index contributed by atoms with van der Waals surface area (Å²) in [7, 11) is 0. The van der Waals surface area contributed by atoms with E-state index in [0.717, 1.165) is 5.56 Å². The van der Waals surface area contributed by atoms with Crippen LogP contribution in [0.1, 0.15) is 27.9 Å². The highest BCUT2D eigenvalue weighted by atomic mass is 32.1. The van der Waals surface area contributed by atoms with Crippen LogP contribution in [-0.2, 0) is 6.42 Å². The number of fused-ring (bicyclic) bond motifs is 2. The van der Waals surface area contributed by atoms with Crippen molar-refractivity contribution in [3.05, 3.63) is 50.0 Å². The van der Waals surface area contributed by atoms with Crippen LogP contribution in [0.3, 0.4) is 0 Å². The fourth-order valence-corrected chi connectivity index (χ4v) is 2.57. The molecule has 0 aliphatic carbocycles. The molecule has 0 radical (unpaired) electrons. The zero-order valence-electron chi connectivity index (χ0n) is 12.1. The molecule has 0 fully saturated rings. The van der Waals surface area contributed by atoms with Gasteiger partial charge >= 0.3 is 0 Å². The van der Waals surface area contributed by atoms with Crippen LogP contribution in [0.5, 0.6) is 11.6 Å². The summed E-state index contributed by atoms with van der Waals surface area (Å²) in [6.45, 7) is 0.432. The van der Waals surface area contributed by atoms with E-state index in [1.807, 2.05) is 0 Å². The standard InChI is InChI=1S/C15H15N3O4S/c19-5-1-4-16-12(20)8-2-3-11-9(6-8)7-10-13(21)17-15(23)18-14(10)22-11/h2-3,6,19H,1,4-5,7H2,(H,16,20)(H2,17,18,21,23). The molecule has 0 atom stereocenters. The van der Waals surface area contributed by atoms with E-state index in [4.69, 9.17) is 22.1 Å². The molecule has 1 aliphatic rings. The first-order valence-electron chi connectivity index (χ1n) is 7.14. The van der Waals surface area contributed by atoms with Crippen LogP contribution in [0.15, 0.2) is 23.0 Å². The van der Waals surface area contributed by atoms with E-state index in [2.05, 4.69) is 15.3 Å². The van der Waals surface area contributed by atoms with E-state index in [1.165, 1.54) is 0 Å². The lowest BCUT2D eigenvalue weighted by atomic mass is 10.0. The lowest BCUT2D eigenvalue weighted by molar-refractivity contribution is 0.0951. The molecule has 1 aromatic heterocycles. The number of ether oxygens (including phenoxy) is 1. The van der Waals surface area contributed by atoms with Gasteiger partial charge in [0, 0.05) is 30.7 Å². The van der Waals surface area contributed by atoms with Crippen LogP contribution in [-0.4, -0.2) is 34.1 Å². The number of nitrogens with one attached hydrogen (secondary N) is 3. The first-order chi connectivity index (χ1) is 11.1. The predicted octanol–water partition coefficient (Wildman–Crippen LogP) is 1.24. The highest BCUT2D eigenvalue weighted by Crippen LogP contribution is 2.33. The summed E-state index contributed by atoms with van der Waals surface area (Å²) in [5.41, 5.74) is 1.38. The average molecular weight is 333 g/mol. The number of benzene rings is 1. The van der Waals surface area contributed by atoms with E-state index >= 15 is 0 Å². The lowest BCUT2D eigenvalue weighted by Gasteiger charge is -2.19. The maximum absolute atomic E-state index is 12.0. The van der Waals surface area contributed by atoms with Gasteiger partial charge in [0.1, 0.15) is 5.75 Å². The lowest BCUT2D eigenvalue weighted by Crippen LogP contribution is -2.25. The van der Waals surface area contributed by atoms with Crippen molar-refractivity contribution in [2.45, 2.75) is 12.8 Å². The summed E-state index contributed by atoms with van der Waals surface area (Å²) in [6, 6.07) is 5.05. The third kappa shape index (κ3) is 3.17. The van der Waals surface area contributed by atoms with Crippen LogP contribution in [0.4, 0.5) is 0 Å². The molecule has 3 rings (SSSR count). The molecule has 0 spiro atoms. The number of rotatable bonds is 4. The fourth-order valence-electron chi connectivity index (χ4n) is 2.38. The monoisotopic (exact) mass is 333 g/mol. The number of aliphatic hydroxyl groups is 1. The Morgan fingerprint density at radius 1 is 1.39 bits per heavy atom. The fraction of sp³-hybridized carbons (Fsp3) is 0.267. The first kappa shape index (κ1) is 15.4. The van der Waals surface area contributed by atoms with Gasteiger partial charge in [0.25, 0.3) is 11.5 Å². The Morgan fingerprint density at radius 2 is 2.22 bits per heavy atom. The minimum absolute atomic E-state index is 0.0270. The number of H-pyrrole nitrogens is 2. The Labute approximate surface area is 136 Å². The Balaban J connectivity index is 1.87. The van der Waals surface area contributed by atoms with Crippen LogP contribution in [0.2, 0.25) is 0 Å². The van der Waals surface area contributed by atoms with Gasteiger partial charge in [0.15, 0.2) is 4.77 Å². The zero-order chi connectivity index (χ0) is 16.4. The van der Waals surface area contributed by atoms with E-state index in [-0.39, 0.29) is 22.8 Å². The van der Waals surface area contributed by atoms with E-state index in [0.29, 0.717) is 42.1 Å². The zero-order valence-corrected chi connectivity index (χ0v) is 13.0. The maximum Gasteiger partial charge on any atom is 0.259 e. The van der Waals surface area contributed by atoms with Gasteiger partial charge in [0.05, 0.1) is 5.56 Å². The second-order valence-corrected chi connectivity index (χ2v) is 5.56. The van der Waals surface area contributed by atoms with Gasteiger partial charge in [-0.3, -0.25) is 14.6 Å². The normalized spacial score (nSPS) is 12.0. The number of carbonyl (C=O) groups excluding carboxylic acids is 1. The van der Waals surface area contributed by atoms with Crippen molar-refractivity contribution >= 4 is 18.1 Å². The van der Waals surface area contributed by atoms with Gasteiger partial charge in [-0.1, -0.05) is 0 Å². The average Bonchev–Trinajstić information content (AvgIpc) is 2.53. The summed E-state index contributed by atoms with van der Waals surface area (Å²) in [4.78, 5) is 29.3. The Hall–Kier alpha value is -2.45. The van der Waals surface area contributed by atoms with Crippen molar-refractivity contribution in [2.75, 3.05) is 13.2 Å². The molecule has 1 aliphatic heterocycles. The number of hydrogen-bond acceptors (Lipinski definition) is 5. The molecule has 0 unspecified atom stereocenters. The molecule has 7 nitrogen and oxygen atoms in total. The number of aromatic amines is 2. The summed E-state index contributed by atoms with van der Waals surface area (Å²) < 4.78 is 5.87. The molecule has 1 amide bonds. The number of hydrogen-bond donors (Lipinski definition) is 4. The van der Waals surface area contributed by atoms with Crippen molar-refractivity contribution in [2.24, 2.45) is 0 Å². The smallest absolute Gasteiger partial charge is 0.259 e. The highest BCUT2D eigenvalue weighted by molar-refractivity contribution is 7.71. The Bertz CT molecular complexity index is 872. The largest absolute Gasteiger partial charge is 0.440 e. The summed E-state index contributed by atoms with van der Waals surface area (Å²) in [5, 5.41) is 11.5. The van der Waals surface area contributed by atoms with Crippen molar-refractivity contribution in [1.82, 2.24) is 15.3 Å². The van der Waals surface area contributed by atoms with E-state index < -0.39 is 0 Å². The second kappa shape index (κ2) is 6.35. The molecule has 0 saturated carbocycles. The molecule has 0 saturated heterocycles. The topological polar surface area (TPSA) is 107 Å². The maximum atomic E-state index is 12.0. The molecular formula is C15H15N3O4S. The van der Waals surface area contributed by atoms with E-state index in [1.54, 1.807) is 18.2 Å². The van der Waals surface area contributed by atoms with Gasteiger partial charge in [-0.25, -0.2) is 0 Å². The molecule has 2 heterocycles. The minimum atomic E-state index is -0.299. The van der Waals surface area contributed by atoms with Crippen LogP contribution in [0.25, 0.3) is 0 Å². The summed E-state index contributed by atoms with van der Waals surface area (Å²) in [5.74, 6) is 0.695. The van der Waals surface area contributed by atoms with E-state index in [9.17, 15) is 9.59 Å². The number of carbonyl (C=O) groups is 1. The van der Waals surface area contributed by atoms with Crippen molar-refractivity contribution in [1.29, 1.82) is 0 Å². The third-order valence-corrected chi connectivity index (χ3v) is 3.73. The molecule has 8 heteroatoms. The number of aliphatic hydroxyl groups excluding tert-OH is 1.